The molecule has 2 N–H and O–H groups in total. The van der Waals surface area contributed by atoms with Crippen molar-refractivity contribution in [3.05, 3.63) is 17.0 Å². The van der Waals surface area contributed by atoms with Crippen LogP contribution in [0.5, 0.6) is 0 Å². The molecule has 108 valence electrons. The van der Waals surface area contributed by atoms with Crippen LogP contribution < -0.4 is 5.73 Å². The van der Waals surface area contributed by atoms with Gasteiger partial charge in [-0.1, -0.05) is 13.8 Å². The number of nitrogens with two attached hydrogens (primary N) is 1. The van der Waals surface area contributed by atoms with Gasteiger partial charge in [-0.15, -0.1) is 0 Å². The van der Waals surface area contributed by atoms with Gasteiger partial charge in [0.1, 0.15) is 0 Å². The standard InChI is InChI=1S/C15H27N3O/c1-4-14-13(8-9-16)15(5-2)18(17-14)10-12-7-6-11(3)19-12/h11-12H,4-10,16H2,1-3H3. The summed E-state index contributed by atoms with van der Waals surface area (Å²) in [4.78, 5) is 0. The van der Waals surface area contributed by atoms with Crippen LogP contribution in [-0.2, 0) is 30.5 Å². The maximum atomic E-state index is 5.92. The number of nitrogens with zero attached hydrogens (tertiary/aromatic N) is 2. The van der Waals surface area contributed by atoms with Gasteiger partial charge in [0.25, 0.3) is 0 Å². The van der Waals surface area contributed by atoms with Crippen molar-refractivity contribution >= 4 is 0 Å². The zero-order chi connectivity index (χ0) is 13.8. The fourth-order valence-electron chi connectivity index (χ4n) is 3.07. The molecule has 1 saturated heterocycles. The topological polar surface area (TPSA) is 53.1 Å². The van der Waals surface area contributed by atoms with Crippen LogP contribution in [0.25, 0.3) is 0 Å². The Morgan fingerprint density at radius 3 is 2.63 bits per heavy atom. The van der Waals surface area contributed by atoms with Crippen molar-refractivity contribution in [1.29, 1.82) is 0 Å². The van der Waals surface area contributed by atoms with E-state index < -0.39 is 0 Å². The fraction of sp³-hybridized carbons (Fsp3) is 0.800. The van der Waals surface area contributed by atoms with Crippen molar-refractivity contribution in [2.24, 2.45) is 5.73 Å². The van der Waals surface area contributed by atoms with Gasteiger partial charge >= 0.3 is 0 Å². The molecule has 2 unspecified atom stereocenters. The predicted octanol–water partition coefficient (Wildman–Crippen LogP) is 2.08. The van der Waals surface area contributed by atoms with Crippen LogP contribution in [0.15, 0.2) is 0 Å². The molecule has 1 aromatic rings. The van der Waals surface area contributed by atoms with Crippen molar-refractivity contribution in [3.8, 4) is 0 Å². The van der Waals surface area contributed by atoms with Crippen LogP contribution in [0.1, 0.15) is 50.6 Å². The Balaban J connectivity index is 2.19. The quantitative estimate of drug-likeness (QED) is 0.856. The number of hydrogen-bond acceptors (Lipinski definition) is 3. The Bertz CT molecular complexity index is 414. The van der Waals surface area contributed by atoms with Gasteiger partial charge in [0.15, 0.2) is 0 Å². The van der Waals surface area contributed by atoms with E-state index in [1.54, 1.807) is 0 Å². The molecule has 0 saturated carbocycles. The molecule has 4 heteroatoms. The number of aryl methyl sites for hydroxylation is 1. The highest BCUT2D eigenvalue weighted by molar-refractivity contribution is 5.27. The van der Waals surface area contributed by atoms with Crippen molar-refractivity contribution in [2.75, 3.05) is 6.54 Å². The van der Waals surface area contributed by atoms with E-state index in [9.17, 15) is 0 Å². The van der Waals surface area contributed by atoms with Gasteiger partial charge < -0.3 is 10.5 Å². The van der Waals surface area contributed by atoms with Crippen molar-refractivity contribution in [2.45, 2.75) is 71.6 Å². The minimum atomic E-state index is 0.329. The predicted molar refractivity (Wildman–Crippen MR) is 77.3 cm³/mol. The molecule has 0 aromatic carbocycles. The van der Waals surface area contributed by atoms with E-state index in [1.165, 1.54) is 23.4 Å². The average molecular weight is 265 g/mol. The Morgan fingerprint density at radius 2 is 2.11 bits per heavy atom. The van der Waals surface area contributed by atoms with Crippen LogP contribution in [0.4, 0.5) is 0 Å². The van der Waals surface area contributed by atoms with E-state index in [0.29, 0.717) is 18.8 Å². The summed E-state index contributed by atoms with van der Waals surface area (Å²) in [6, 6.07) is 0. The van der Waals surface area contributed by atoms with Gasteiger partial charge in [-0.3, -0.25) is 4.68 Å². The Kier molecular flexibility index (Phi) is 4.99. The van der Waals surface area contributed by atoms with Gasteiger partial charge in [-0.2, -0.15) is 5.10 Å². The van der Waals surface area contributed by atoms with E-state index in [-0.39, 0.29) is 0 Å². The second kappa shape index (κ2) is 6.53. The minimum absolute atomic E-state index is 0.329. The van der Waals surface area contributed by atoms with E-state index in [4.69, 9.17) is 15.6 Å². The molecule has 0 spiro atoms. The van der Waals surface area contributed by atoms with E-state index in [1.807, 2.05) is 0 Å². The lowest BCUT2D eigenvalue weighted by Gasteiger charge is -2.13. The fourth-order valence-corrected chi connectivity index (χ4v) is 3.07. The van der Waals surface area contributed by atoms with Gasteiger partial charge in [0.2, 0.25) is 0 Å². The third-order valence-electron chi connectivity index (χ3n) is 4.01. The summed E-state index contributed by atoms with van der Waals surface area (Å²) >= 11 is 0. The molecular weight excluding hydrogens is 238 g/mol. The summed E-state index contributed by atoms with van der Waals surface area (Å²) in [5, 5.41) is 4.79. The molecule has 2 atom stereocenters. The molecule has 0 aliphatic carbocycles. The number of ether oxygens (including phenoxy) is 1. The van der Waals surface area contributed by atoms with Crippen molar-refractivity contribution in [3.63, 3.8) is 0 Å². The third kappa shape index (κ3) is 3.18. The number of hydrogen-bond donors (Lipinski definition) is 1. The normalized spacial score (nSPS) is 23.2. The van der Waals surface area contributed by atoms with Crippen LogP contribution in [0, 0.1) is 0 Å². The molecule has 2 heterocycles. The summed E-state index contributed by atoms with van der Waals surface area (Å²) in [5.74, 6) is 0. The average Bonchev–Trinajstić information content (AvgIpc) is 2.94. The second-order valence-electron chi connectivity index (χ2n) is 5.45. The Hall–Kier alpha value is -0.870. The molecule has 1 aliphatic rings. The van der Waals surface area contributed by atoms with Gasteiger partial charge in [-0.05, 0) is 51.1 Å². The summed E-state index contributed by atoms with van der Waals surface area (Å²) in [6.07, 6.45) is 5.99. The van der Waals surface area contributed by atoms with E-state index in [0.717, 1.165) is 32.2 Å². The van der Waals surface area contributed by atoms with Crippen LogP contribution in [-0.4, -0.2) is 28.5 Å². The number of aromatic nitrogens is 2. The lowest BCUT2D eigenvalue weighted by molar-refractivity contribution is 0.0431. The van der Waals surface area contributed by atoms with Gasteiger partial charge in [0.05, 0.1) is 24.4 Å². The smallest absolute Gasteiger partial charge is 0.0775 e. The molecule has 19 heavy (non-hydrogen) atoms. The first-order valence-electron chi connectivity index (χ1n) is 7.62. The lowest BCUT2D eigenvalue weighted by Crippen LogP contribution is -2.19. The van der Waals surface area contributed by atoms with Crippen LogP contribution >= 0.6 is 0 Å². The van der Waals surface area contributed by atoms with Crippen molar-refractivity contribution in [1.82, 2.24) is 9.78 Å². The number of rotatable bonds is 6. The lowest BCUT2D eigenvalue weighted by atomic mass is 10.1. The maximum Gasteiger partial charge on any atom is 0.0775 e. The summed E-state index contributed by atoms with van der Waals surface area (Å²) in [7, 11) is 0. The molecule has 4 nitrogen and oxygen atoms in total. The summed E-state index contributed by atoms with van der Waals surface area (Å²) < 4.78 is 8.10. The molecule has 0 amide bonds. The molecule has 1 aliphatic heterocycles. The Morgan fingerprint density at radius 1 is 1.32 bits per heavy atom. The molecule has 1 fully saturated rings. The largest absolute Gasteiger partial charge is 0.373 e. The molecule has 0 bridgehead atoms. The summed E-state index contributed by atoms with van der Waals surface area (Å²) in [6.45, 7) is 8.11. The molecule has 2 rings (SSSR count). The van der Waals surface area contributed by atoms with Crippen LogP contribution in [0.2, 0.25) is 0 Å². The second-order valence-corrected chi connectivity index (χ2v) is 5.45. The SMILES string of the molecule is CCc1nn(CC2CCC(C)O2)c(CC)c1CCN. The van der Waals surface area contributed by atoms with Crippen LogP contribution in [0.3, 0.4) is 0 Å². The minimum Gasteiger partial charge on any atom is -0.373 e. The van der Waals surface area contributed by atoms with Gasteiger partial charge in [0, 0.05) is 5.69 Å². The molecular formula is C15H27N3O. The first kappa shape index (κ1) is 14.5. The zero-order valence-electron chi connectivity index (χ0n) is 12.5. The third-order valence-corrected chi connectivity index (χ3v) is 4.01. The zero-order valence-corrected chi connectivity index (χ0v) is 12.5. The van der Waals surface area contributed by atoms with E-state index in [2.05, 4.69) is 25.5 Å². The Labute approximate surface area is 116 Å². The highest BCUT2D eigenvalue weighted by Gasteiger charge is 2.24. The highest BCUT2D eigenvalue weighted by Crippen LogP contribution is 2.23. The van der Waals surface area contributed by atoms with Crippen molar-refractivity contribution < 1.29 is 4.74 Å². The maximum absolute atomic E-state index is 5.92. The first-order chi connectivity index (χ1) is 9.19. The van der Waals surface area contributed by atoms with E-state index >= 15 is 0 Å². The van der Waals surface area contributed by atoms with Gasteiger partial charge in [-0.25, -0.2) is 0 Å². The monoisotopic (exact) mass is 265 g/mol. The first-order valence-corrected chi connectivity index (χ1v) is 7.62. The highest BCUT2D eigenvalue weighted by atomic mass is 16.5. The molecule has 0 radical (unpaired) electrons. The summed E-state index contributed by atoms with van der Waals surface area (Å²) in [5.41, 5.74) is 9.68. The molecule has 1 aromatic heterocycles.